The number of nitro benzene ring substituents is 1. The molecule has 0 aliphatic carbocycles. The fraction of sp³-hybridized carbons (Fsp3) is 0.238. The standard InChI is InChI=1S/C21H24N8O4/c1-3-28-18(12-14(2)26-28)25-21(31)20-24-9-11-27(20)10-5-4-8-23-16-7-6-15(19(22)30)13-17(16)29(32)33/h4-7,9,11-13,23H,3,8,10H2,1-2H3,(H2,22,30)(H,25,31)/b5-4+. The topological polar surface area (TPSA) is 163 Å². The van der Waals surface area contributed by atoms with Gasteiger partial charge in [0.05, 0.1) is 10.6 Å². The lowest BCUT2D eigenvalue weighted by atomic mass is 10.1. The number of nitrogens with one attached hydrogen (secondary N) is 2. The van der Waals surface area contributed by atoms with Gasteiger partial charge < -0.3 is 20.9 Å². The molecular formula is C21H24N8O4. The number of aryl methyl sites for hydroxylation is 2. The van der Waals surface area contributed by atoms with E-state index in [-0.39, 0.29) is 28.7 Å². The highest BCUT2D eigenvalue weighted by Gasteiger charge is 2.16. The summed E-state index contributed by atoms with van der Waals surface area (Å²) in [5.41, 5.74) is 6.06. The van der Waals surface area contributed by atoms with Crippen molar-refractivity contribution >= 4 is 29.0 Å². The van der Waals surface area contributed by atoms with Gasteiger partial charge in [0.1, 0.15) is 11.5 Å². The van der Waals surface area contributed by atoms with Crippen LogP contribution >= 0.6 is 0 Å². The van der Waals surface area contributed by atoms with Gasteiger partial charge in [0.2, 0.25) is 5.91 Å². The van der Waals surface area contributed by atoms with Crippen LogP contribution in [0.3, 0.4) is 0 Å². The minimum Gasteiger partial charge on any atom is -0.376 e. The largest absolute Gasteiger partial charge is 0.376 e. The molecule has 0 saturated heterocycles. The summed E-state index contributed by atoms with van der Waals surface area (Å²) >= 11 is 0. The SMILES string of the molecule is CCn1nc(C)cc1NC(=O)c1nccn1C/C=C/CNc1ccc(C(N)=O)cc1[N+](=O)[O-]. The smallest absolute Gasteiger partial charge is 0.293 e. The fourth-order valence-electron chi connectivity index (χ4n) is 3.15. The Morgan fingerprint density at radius 1 is 1.27 bits per heavy atom. The van der Waals surface area contributed by atoms with E-state index in [0.29, 0.717) is 25.5 Å². The van der Waals surface area contributed by atoms with E-state index in [2.05, 4.69) is 20.7 Å². The van der Waals surface area contributed by atoms with Gasteiger partial charge in [-0.3, -0.25) is 19.7 Å². The number of primary amides is 1. The molecule has 0 aliphatic rings. The Morgan fingerprint density at radius 3 is 2.76 bits per heavy atom. The number of nitrogens with two attached hydrogens (primary N) is 1. The maximum absolute atomic E-state index is 12.7. The molecule has 0 bridgehead atoms. The van der Waals surface area contributed by atoms with Crippen LogP contribution in [-0.2, 0) is 13.1 Å². The normalized spacial score (nSPS) is 11.0. The number of hydrogen-bond donors (Lipinski definition) is 3. The number of anilines is 2. The van der Waals surface area contributed by atoms with Crippen molar-refractivity contribution < 1.29 is 14.5 Å². The summed E-state index contributed by atoms with van der Waals surface area (Å²) in [5, 5.41) is 21.3. The summed E-state index contributed by atoms with van der Waals surface area (Å²) < 4.78 is 3.37. The minimum atomic E-state index is -0.737. The molecule has 0 aliphatic heterocycles. The molecule has 0 unspecified atom stereocenters. The molecule has 3 rings (SSSR count). The van der Waals surface area contributed by atoms with Gasteiger partial charge >= 0.3 is 0 Å². The van der Waals surface area contributed by atoms with E-state index in [0.717, 1.165) is 11.8 Å². The molecule has 12 nitrogen and oxygen atoms in total. The summed E-state index contributed by atoms with van der Waals surface area (Å²) in [6.07, 6.45) is 6.79. The Bertz CT molecular complexity index is 1210. The number of amides is 2. The number of carbonyl (C=O) groups excluding carboxylic acids is 2. The van der Waals surface area contributed by atoms with Gasteiger partial charge in [-0.2, -0.15) is 5.10 Å². The van der Waals surface area contributed by atoms with Crippen LogP contribution in [0.15, 0.2) is 48.8 Å². The molecule has 4 N–H and O–H groups in total. The zero-order valence-electron chi connectivity index (χ0n) is 18.2. The van der Waals surface area contributed by atoms with Crippen LogP contribution in [0.5, 0.6) is 0 Å². The van der Waals surface area contributed by atoms with Crippen molar-refractivity contribution in [3.8, 4) is 0 Å². The average molecular weight is 452 g/mol. The van der Waals surface area contributed by atoms with Crippen molar-refractivity contribution in [2.75, 3.05) is 17.2 Å². The quantitative estimate of drug-likeness (QED) is 0.241. The summed E-state index contributed by atoms with van der Waals surface area (Å²) in [4.78, 5) is 38.7. The molecule has 0 fully saturated rings. The van der Waals surface area contributed by atoms with E-state index >= 15 is 0 Å². The number of nitro groups is 1. The van der Waals surface area contributed by atoms with Crippen LogP contribution < -0.4 is 16.4 Å². The summed E-state index contributed by atoms with van der Waals surface area (Å²) in [6, 6.07) is 5.78. The highest BCUT2D eigenvalue weighted by atomic mass is 16.6. The molecule has 33 heavy (non-hydrogen) atoms. The van der Waals surface area contributed by atoms with E-state index < -0.39 is 10.8 Å². The lowest BCUT2D eigenvalue weighted by Gasteiger charge is -2.08. The van der Waals surface area contributed by atoms with Crippen molar-refractivity contribution in [3.05, 3.63) is 76.0 Å². The van der Waals surface area contributed by atoms with Crippen LogP contribution in [-0.4, -0.2) is 42.6 Å². The van der Waals surface area contributed by atoms with Crippen molar-refractivity contribution in [1.29, 1.82) is 0 Å². The lowest BCUT2D eigenvalue weighted by molar-refractivity contribution is -0.384. The third kappa shape index (κ3) is 5.61. The van der Waals surface area contributed by atoms with Gasteiger partial charge in [-0.25, -0.2) is 9.67 Å². The average Bonchev–Trinajstić information content (AvgIpc) is 3.39. The monoisotopic (exact) mass is 452 g/mol. The highest BCUT2D eigenvalue weighted by Crippen LogP contribution is 2.25. The van der Waals surface area contributed by atoms with Gasteiger partial charge in [-0.1, -0.05) is 12.2 Å². The van der Waals surface area contributed by atoms with E-state index in [1.165, 1.54) is 18.3 Å². The first-order valence-corrected chi connectivity index (χ1v) is 10.1. The van der Waals surface area contributed by atoms with Crippen LogP contribution in [0, 0.1) is 17.0 Å². The molecule has 1 aromatic carbocycles. The maximum atomic E-state index is 12.7. The molecule has 0 atom stereocenters. The van der Waals surface area contributed by atoms with Crippen LogP contribution in [0.1, 0.15) is 33.6 Å². The number of aromatic nitrogens is 4. The minimum absolute atomic E-state index is 0.0610. The summed E-state index contributed by atoms with van der Waals surface area (Å²) in [6.45, 7) is 5.07. The zero-order chi connectivity index (χ0) is 24.0. The number of imidazole rings is 1. The van der Waals surface area contributed by atoms with Gasteiger partial charge in [0, 0.05) is 49.7 Å². The Kier molecular flexibility index (Phi) is 7.18. The Labute approximate surface area is 189 Å². The number of rotatable bonds is 10. The number of hydrogen-bond acceptors (Lipinski definition) is 7. The molecule has 0 spiro atoms. The maximum Gasteiger partial charge on any atom is 0.293 e. The molecule has 2 amide bonds. The second kappa shape index (κ2) is 10.2. The first kappa shape index (κ1) is 23.2. The third-order valence-corrected chi connectivity index (χ3v) is 4.72. The molecule has 2 aromatic heterocycles. The molecule has 12 heteroatoms. The number of nitrogens with zero attached hydrogens (tertiary/aromatic N) is 5. The molecule has 0 saturated carbocycles. The van der Waals surface area contributed by atoms with E-state index in [4.69, 9.17) is 5.73 Å². The Hall–Kier alpha value is -4.48. The fourth-order valence-corrected chi connectivity index (χ4v) is 3.15. The summed E-state index contributed by atoms with van der Waals surface area (Å²) in [5.74, 6) is -0.254. The van der Waals surface area contributed by atoms with Gasteiger partial charge in [-0.15, -0.1) is 0 Å². The van der Waals surface area contributed by atoms with Gasteiger partial charge in [-0.05, 0) is 26.0 Å². The molecular weight excluding hydrogens is 428 g/mol. The number of benzene rings is 1. The lowest BCUT2D eigenvalue weighted by Crippen LogP contribution is -2.20. The summed E-state index contributed by atoms with van der Waals surface area (Å²) in [7, 11) is 0. The van der Waals surface area contributed by atoms with Crippen LogP contribution in [0.25, 0.3) is 0 Å². The molecule has 0 radical (unpaired) electrons. The predicted molar refractivity (Wildman–Crippen MR) is 122 cm³/mol. The second-order valence-electron chi connectivity index (χ2n) is 7.05. The van der Waals surface area contributed by atoms with E-state index in [1.54, 1.807) is 33.7 Å². The van der Waals surface area contributed by atoms with E-state index in [9.17, 15) is 19.7 Å². The van der Waals surface area contributed by atoms with Gasteiger partial charge in [0.25, 0.3) is 11.6 Å². The molecule has 2 heterocycles. The Morgan fingerprint density at radius 2 is 2.06 bits per heavy atom. The molecule has 3 aromatic rings. The number of carbonyl (C=O) groups is 2. The molecule has 172 valence electrons. The number of allylic oxidation sites excluding steroid dienone is 1. The first-order chi connectivity index (χ1) is 15.8. The Balaban J connectivity index is 1.60. The second-order valence-corrected chi connectivity index (χ2v) is 7.05. The van der Waals surface area contributed by atoms with Gasteiger partial charge in [0.15, 0.2) is 5.82 Å². The van der Waals surface area contributed by atoms with Crippen LogP contribution in [0.2, 0.25) is 0 Å². The van der Waals surface area contributed by atoms with Crippen molar-refractivity contribution in [2.45, 2.75) is 26.9 Å². The predicted octanol–water partition coefficient (Wildman–Crippen LogP) is 2.34. The first-order valence-electron chi connectivity index (χ1n) is 10.1. The van der Waals surface area contributed by atoms with Crippen molar-refractivity contribution in [2.24, 2.45) is 5.73 Å². The third-order valence-electron chi connectivity index (χ3n) is 4.72. The zero-order valence-corrected chi connectivity index (χ0v) is 18.2. The van der Waals surface area contributed by atoms with Crippen LogP contribution in [0.4, 0.5) is 17.2 Å². The highest BCUT2D eigenvalue weighted by molar-refractivity contribution is 6.01. The van der Waals surface area contributed by atoms with Crippen molar-refractivity contribution in [1.82, 2.24) is 19.3 Å². The van der Waals surface area contributed by atoms with Crippen molar-refractivity contribution in [3.63, 3.8) is 0 Å². The van der Waals surface area contributed by atoms with E-state index in [1.807, 2.05) is 13.8 Å².